The van der Waals surface area contributed by atoms with E-state index in [1.807, 2.05) is 0 Å². The summed E-state index contributed by atoms with van der Waals surface area (Å²) in [5, 5.41) is 14.4. The van der Waals surface area contributed by atoms with Crippen LogP contribution in [0.15, 0.2) is 0 Å². The van der Waals surface area contributed by atoms with Gasteiger partial charge in [0.05, 0.1) is 0 Å². The second kappa shape index (κ2) is 1.25. The summed E-state index contributed by atoms with van der Waals surface area (Å²) in [4.78, 5) is 0. The lowest BCUT2D eigenvalue weighted by molar-refractivity contribution is -0.0966. The van der Waals surface area contributed by atoms with Crippen molar-refractivity contribution in [3.05, 3.63) is 0 Å². The highest BCUT2D eigenvalue weighted by Crippen LogP contribution is 2.39. The van der Waals surface area contributed by atoms with Gasteiger partial charge < -0.3 is 5.32 Å². The Morgan fingerprint density at radius 3 is 2.62 bits per heavy atom. The molecule has 2 atom stereocenters. The molecule has 0 bridgehead atoms. The van der Waals surface area contributed by atoms with Crippen molar-refractivity contribution in [2.45, 2.75) is 30.9 Å². The Balaban J connectivity index is 2.14. The van der Waals surface area contributed by atoms with Crippen LogP contribution in [0.1, 0.15) is 19.3 Å². The molecule has 0 amide bonds. The molecule has 1 heterocycles. The minimum atomic E-state index is -0.528. The number of hydrogen-bond donors (Lipinski definition) is 1. The molecule has 1 saturated heterocycles. The standard InChI is InChI=1S/C6H10NO/c8-6-2-1-5(6)7-4-3-6/h5,7H,1-4H2. The Morgan fingerprint density at radius 2 is 2.38 bits per heavy atom. The molecule has 1 N–H and O–H groups in total. The van der Waals surface area contributed by atoms with Crippen LogP contribution in [0.4, 0.5) is 0 Å². The lowest BCUT2D eigenvalue weighted by atomic mass is 9.76. The summed E-state index contributed by atoms with van der Waals surface area (Å²) in [5.41, 5.74) is -0.528. The molecule has 1 radical (unpaired) electrons. The Kier molecular flexibility index (Phi) is 0.746. The first-order valence-corrected chi connectivity index (χ1v) is 3.25. The van der Waals surface area contributed by atoms with Crippen molar-refractivity contribution in [3.8, 4) is 0 Å². The second-order valence-corrected chi connectivity index (χ2v) is 2.86. The van der Waals surface area contributed by atoms with Gasteiger partial charge in [-0.1, -0.05) is 0 Å². The smallest absolute Gasteiger partial charge is 0.120 e. The summed E-state index contributed by atoms with van der Waals surface area (Å²) in [5.74, 6) is 0. The zero-order valence-electron chi connectivity index (χ0n) is 4.81. The summed E-state index contributed by atoms with van der Waals surface area (Å²) < 4.78 is 0. The Hall–Kier alpha value is -0.0800. The summed E-state index contributed by atoms with van der Waals surface area (Å²) in [6.07, 6.45) is 2.88. The molecule has 45 valence electrons. The minimum Gasteiger partial charge on any atom is -0.311 e. The molecule has 0 aromatic heterocycles. The maximum absolute atomic E-state index is 11.3. The molecular weight excluding hydrogens is 102 g/mol. The number of nitrogens with one attached hydrogen (secondary N) is 1. The van der Waals surface area contributed by atoms with Crippen LogP contribution in [-0.2, 0) is 5.11 Å². The monoisotopic (exact) mass is 112 g/mol. The van der Waals surface area contributed by atoms with Crippen molar-refractivity contribution in [1.82, 2.24) is 5.32 Å². The van der Waals surface area contributed by atoms with E-state index in [0.29, 0.717) is 6.04 Å². The molecule has 0 aromatic rings. The van der Waals surface area contributed by atoms with Crippen LogP contribution in [0.3, 0.4) is 0 Å². The normalized spacial score (nSPS) is 52.9. The van der Waals surface area contributed by atoms with Crippen molar-refractivity contribution in [3.63, 3.8) is 0 Å². The SMILES string of the molecule is [O]C12CCNC1CC2. The average molecular weight is 112 g/mol. The Labute approximate surface area is 48.9 Å². The van der Waals surface area contributed by atoms with Crippen molar-refractivity contribution < 1.29 is 5.11 Å². The molecule has 1 aliphatic heterocycles. The van der Waals surface area contributed by atoms with Crippen LogP contribution in [0.25, 0.3) is 0 Å². The van der Waals surface area contributed by atoms with Crippen molar-refractivity contribution in [2.75, 3.05) is 6.54 Å². The zero-order valence-corrected chi connectivity index (χ0v) is 4.81. The summed E-state index contributed by atoms with van der Waals surface area (Å²) in [6, 6.07) is 0.336. The highest BCUT2D eigenvalue weighted by atomic mass is 16.3. The maximum Gasteiger partial charge on any atom is 0.120 e. The third kappa shape index (κ3) is 0.400. The lowest BCUT2D eigenvalue weighted by Gasteiger charge is -2.36. The van der Waals surface area contributed by atoms with E-state index in [9.17, 15) is 5.11 Å². The third-order valence-electron chi connectivity index (χ3n) is 2.43. The maximum atomic E-state index is 11.3. The van der Waals surface area contributed by atoms with Crippen LogP contribution in [0.2, 0.25) is 0 Å². The first kappa shape index (κ1) is 4.77. The molecule has 1 saturated carbocycles. The minimum absolute atomic E-state index is 0.336. The van der Waals surface area contributed by atoms with E-state index >= 15 is 0 Å². The van der Waals surface area contributed by atoms with Gasteiger partial charge in [0.1, 0.15) is 5.60 Å². The molecule has 8 heavy (non-hydrogen) atoms. The predicted octanol–water partition coefficient (Wildman–Crippen LogP) is 0.311. The predicted molar refractivity (Wildman–Crippen MR) is 29.1 cm³/mol. The number of rotatable bonds is 0. The molecule has 2 unspecified atom stereocenters. The molecule has 2 heteroatoms. The highest BCUT2D eigenvalue weighted by Gasteiger charge is 2.50. The van der Waals surface area contributed by atoms with Crippen molar-refractivity contribution in [2.24, 2.45) is 0 Å². The number of fused-ring (bicyclic) bond motifs is 1. The van der Waals surface area contributed by atoms with Gasteiger partial charge >= 0.3 is 0 Å². The first-order valence-electron chi connectivity index (χ1n) is 3.25. The third-order valence-corrected chi connectivity index (χ3v) is 2.43. The molecule has 2 nitrogen and oxygen atoms in total. The van der Waals surface area contributed by atoms with Crippen LogP contribution in [0, 0.1) is 0 Å². The largest absolute Gasteiger partial charge is 0.311 e. The second-order valence-electron chi connectivity index (χ2n) is 2.86. The Bertz CT molecular complexity index is 115. The van der Waals surface area contributed by atoms with E-state index in [-0.39, 0.29) is 0 Å². The fourth-order valence-electron chi connectivity index (χ4n) is 1.66. The molecule has 0 spiro atoms. The van der Waals surface area contributed by atoms with E-state index < -0.39 is 5.60 Å². The molecule has 1 aliphatic carbocycles. The molecule has 2 aliphatic rings. The lowest BCUT2D eigenvalue weighted by Crippen LogP contribution is -2.50. The molecule has 0 aromatic carbocycles. The van der Waals surface area contributed by atoms with E-state index in [1.54, 1.807) is 0 Å². The van der Waals surface area contributed by atoms with Gasteiger partial charge in [-0.15, -0.1) is 0 Å². The van der Waals surface area contributed by atoms with Crippen LogP contribution in [-0.4, -0.2) is 18.2 Å². The highest BCUT2D eigenvalue weighted by molar-refractivity contribution is 5.05. The van der Waals surface area contributed by atoms with Gasteiger partial charge in [-0.05, 0) is 25.8 Å². The first-order chi connectivity index (χ1) is 3.81. The average Bonchev–Trinajstić information content (AvgIpc) is 1.94. The zero-order chi connectivity index (χ0) is 5.61. The molecule has 2 fully saturated rings. The van der Waals surface area contributed by atoms with Gasteiger partial charge in [-0.25, -0.2) is 5.11 Å². The van der Waals surface area contributed by atoms with Gasteiger partial charge in [0.2, 0.25) is 0 Å². The van der Waals surface area contributed by atoms with Crippen LogP contribution >= 0.6 is 0 Å². The fourth-order valence-corrected chi connectivity index (χ4v) is 1.66. The Morgan fingerprint density at radius 1 is 1.50 bits per heavy atom. The summed E-state index contributed by atoms with van der Waals surface area (Å²) in [6.45, 7) is 0.953. The summed E-state index contributed by atoms with van der Waals surface area (Å²) in [7, 11) is 0. The van der Waals surface area contributed by atoms with Crippen LogP contribution < -0.4 is 5.32 Å². The van der Waals surface area contributed by atoms with Gasteiger partial charge in [0.25, 0.3) is 0 Å². The van der Waals surface area contributed by atoms with E-state index in [1.165, 1.54) is 0 Å². The topological polar surface area (TPSA) is 31.9 Å². The van der Waals surface area contributed by atoms with Gasteiger partial charge in [-0.3, -0.25) is 0 Å². The van der Waals surface area contributed by atoms with Gasteiger partial charge in [0.15, 0.2) is 0 Å². The van der Waals surface area contributed by atoms with Gasteiger partial charge in [-0.2, -0.15) is 0 Å². The fraction of sp³-hybridized carbons (Fsp3) is 1.00. The van der Waals surface area contributed by atoms with Crippen molar-refractivity contribution >= 4 is 0 Å². The van der Waals surface area contributed by atoms with E-state index in [0.717, 1.165) is 25.8 Å². The van der Waals surface area contributed by atoms with Gasteiger partial charge in [0, 0.05) is 6.04 Å². The molecular formula is C6H10NO. The van der Waals surface area contributed by atoms with E-state index in [4.69, 9.17) is 0 Å². The summed E-state index contributed by atoms with van der Waals surface area (Å²) >= 11 is 0. The van der Waals surface area contributed by atoms with Crippen molar-refractivity contribution in [1.29, 1.82) is 0 Å². The van der Waals surface area contributed by atoms with E-state index in [2.05, 4.69) is 5.32 Å². The molecule has 2 rings (SSSR count). The van der Waals surface area contributed by atoms with Crippen LogP contribution in [0.5, 0.6) is 0 Å². The quantitative estimate of drug-likeness (QED) is 0.480. The number of hydrogen-bond acceptors (Lipinski definition) is 1.